The van der Waals surface area contributed by atoms with Crippen molar-refractivity contribution in [3.63, 3.8) is 0 Å². The van der Waals surface area contributed by atoms with Crippen LogP contribution in [0.15, 0.2) is 35.4 Å². The number of nitro groups is 1. The Balaban J connectivity index is 1.83. The highest BCUT2D eigenvalue weighted by molar-refractivity contribution is 6.33. The number of halogens is 4. The normalized spacial score (nSPS) is 13.2. The second kappa shape index (κ2) is 6.71. The van der Waals surface area contributed by atoms with Gasteiger partial charge in [0.2, 0.25) is 6.79 Å². The highest BCUT2D eigenvalue weighted by atomic mass is 35.5. The monoisotopic (exact) mass is 387 g/mol. The molecular formula is C15H9ClF3N3O4. The van der Waals surface area contributed by atoms with E-state index in [2.05, 4.69) is 10.5 Å². The van der Waals surface area contributed by atoms with Crippen LogP contribution in [0.2, 0.25) is 5.02 Å². The van der Waals surface area contributed by atoms with Gasteiger partial charge in [0.1, 0.15) is 5.69 Å². The molecule has 7 nitrogen and oxygen atoms in total. The number of hydrogen-bond donors (Lipinski definition) is 1. The average molecular weight is 388 g/mol. The number of ether oxygens (including phenoxy) is 2. The molecule has 2 aromatic rings. The van der Waals surface area contributed by atoms with E-state index in [1.54, 1.807) is 6.07 Å². The van der Waals surface area contributed by atoms with E-state index >= 15 is 0 Å². The molecule has 11 heteroatoms. The summed E-state index contributed by atoms with van der Waals surface area (Å²) in [4.78, 5) is 10.1. The molecule has 0 fully saturated rings. The summed E-state index contributed by atoms with van der Waals surface area (Å²) >= 11 is 6.05. The maximum absolute atomic E-state index is 12.7. The predicted octanol–water partition coefficient (Wildman–Crippen LogP) is 4.44. The van der Waals surface area contributed by atoms with Gasteiger partial charge in [0.25, 0.3) is 5.69 Å². The molecule has 0 atom stereocenters. The molecule has 1 heterocycles. The fraction of sp³-hybridized carbons (Fsp3) is 0.133. The Morgan fingerprint density at radius 1 is 1.23 bits per heavy atom. The van der Waals surface area contributed by atoms with E-state index in [0.29, 0.717) is 28.2 Å². The smallest absolute Gasteiger partial charge is 0.416 e. The van der Waals surface area contributed by atoms with E-state index in [4.69, 9.17) is 21.1 Å². The van der Waals surface area contributed by atoms with Crippen LogP contribution in [0.5, 0.6) is 11.5 Å². The number of fused-ring (bicyclic) bond motifs is 1. The average Bonchev–Trinajstić information content (AvgIpc) is 3.01. The van der Waals surface area contributed by atoms with Gasteiger partial charge in [-0.2, -0.15) is 18.3 Å². The Labute approximate surface area is 149 Å². The van der Waals surface area contributed by atoms with Crippen LogP contribution in [0.1, 0.15) is 11.1 Å². The second-order valence-electron chi connectivity index (χ2n) is 5.08. The fourth-order valence-corrected chi connectivity index (χ4v) is 2.36. The van der Waals surface area contributed by atoms with E-state index in [1.165, 1.54) is 12.3 Å². The number of hydrazone groups is 1. The summed E-state index contributed by atoms with van der Waals surface area (Å²) in [5.74, 6) is 0.926. The zero-order valence-corrected chi connectivity index (χ0v) is 13.5. The van der Waals surface area contributed by atoms with Crippen molar-refractivity contribution in [1.29, 1.82) is 0 Å². The van der Waals surface area contributed by atoms with Gasteiger partial charge in [0.15, 0.2) is 11.5 Å². The van der Waals surface area contributed by atoms with Crippen LogP contribution in [0, 0.1) is 10.1 Å². The lowest BCUT2D eigenvalue weighted by Gasteiger charge is -2.08. The number of rotatable bonds is 4. The number of nitrogens with one attached hydrogen (secondary N) is 1. The lowest BCUT2D eigenvalue weighted by Crippen LogP contribution is -2.06. The maximum atomic E-state index is 12.7. The summed E-state index contributed by atoms with van der Waals surface area (Å²) in [5, 5.41) is 15.1. The molecule has 0 amide bonds. The third-order valence-electron chi connectivity index (χ3n) is 3.40. The van der Waals surface area contributed by atoms with Crippen molar-refractivity contribution in [1.82, 2.24) is 0 Å². The molecule has 0 bridgehead atoms. The van der Waals surface area contributed by atoms with Gasteiger partial charge >= 0.3 is 6.18 Å². The predicted molar refractivity (Wildman–Crippen MR) is 86.9 cm³/mol. The standard InChI is InChI=1S/C15H9ClF3N3O4/c16-10-5-14-13(25-7-26-14)3-8(10)6-20-21-11-2-1-9(15(17,18)19)4-12(11)22(23)24/h1-6,21H,7H2/b20-6-. The molecule has 136 valence electrons. The Bertz CT molecular complexity index is 902. The molecule has 0 saturated carbocycles. The van der Waals surface area contributed by atoms with Gasteiger partial charge in [-0.15, -0.1) is 0 Å². The summed E-state index contributed by atoms with van der Waals surface area (Å²) < 4.78 is 48.4. The molecule has 3 rings (SSSR count). The lowest BCUT2D eigenvalue weighted by molar-refractivity contribution is -0.384. The summed E-state index contributed by atoms with van der Waals surface area (Å²) in [6.45, 7) is 0.0578. The van der Waals surface area contributed by atoms with Crippen LogP contribution in [0.25, 0.3) is 0 Å². The number of nitro benzene ring substituents is 1. The molecule has 0 radical (unpaired) electrons. The summed E-state index contributed by atoms with van der Waals surface area (Å²) in [6, 6.07) is 5.16. The van der Waals surface area contributed by atoms with E-state index in [1.807, 2.05) is 0 Å². The van der Waals surface area contributed by atoms with Crippen LogP contribution in [-0.2, 0) is 6.18 Å². The fourth-order valence-electron chi connectivity index (χ4n) is 2.16. The first-order chi connectivity index (χ1) is 12.3. The SMILES string of the molecule is O=[N+]([O-])c1cc(C(F)(F)F)ccc1N/N=C\c1cc2c(cc1Cl)OCO2. The number of anilines is 1. The van der Waals surface area contributed by atoms with Crippen LogP contribution in [0.4, 0.5) is 24.5 Å². The molecule has 1 aliphatic heterocycles. The van der Waals surface area contributed by atoms with Crippen molar-refractivity contribution in [2.45, 2.75) is 6.18 Å². The molecule has 1 N–H and O–H groups in total. The van der Waals surface area contributed by atoms with E-state index in [-0.39, 0.29) is 12.5 Å². The quantitative estimate of drug-likeness (QED) is 0.476. The van der Waals surface area contributed by atoms with Gasteiger partial charge < -0.3 is 9.47 Å². The Morgan fingerprint density at radius 3 is 2.58 bits per heavy atom. The van der Waals surface area contributed by atoms with Crippen molar-refractivity contribution in [3.8, 4) is 11.5 Å². The van der Waals surface area contributed by atoms with Crippen LogP contribution < -0.4 is 14.9 Å². The van der Waals surface area contributed by atoms with Crippen molar-refractivity contribution >= 4 is 29.2 Å². The lowest BCUT2D eigenvalue weighted by atomic mass is 10.1. The Kier molecular flexibility index (Phi) is 4.60. The number of nitrogens with zero attached hydrogens (tertiary/aromatic N) is 2. The van der Waals surface area contributed by atoms with E-state index < -0.39 is 22.4 Å². The number of alkyl halides is 3. The Hall–Kier alpha value is -3.01. The van der Waals surface area contributed by atoms with Crippen molar-refractivity contribution in [2.24, 2.45) is 5.10 Å². The first kappa shape index (κ1) is 17.8. The highest BCUT2D eigenvalue weighted by Crippen LogP contribution is 2.37. The zero-order chi connectivity index (χ0) is 18.9. The van der Waals surface area contributed by atoms with E-state index in [9.17, 15) is 23.3 Å². The molecule has 0 aliphatic carbocycles. The molecule has 0 unspecified atom stereocenters. The molecular weight excluding hydrogens is 379 g/mol. The zero-order valence-electron chi connectivity index (χ0n) is 12.7. The van der Waals surface area contributed by atoms with Gasteiger partial charge in [0, 0.05) is 17.7 Å². The highest BCUT2D eigenvalue weighted by Gasteiger charge is 2.33. The first-order valence-corrected chi connectivity index (χ1v) is 7.37. The summed E-state index contributed by atoms with van der Waals surface area (Å²) in [6.07, 6.45) is -3.43. The molecule has 0 spiro atoms. The van der Waals surface area contributed by atoms with Crippen LogP contribution in [-0.4, -0.2) is 17.9 Å². The summed E-state index contributed by atoms with van der Waals surface area (Å²) in [7, 11) is 0. The van der Waals surface area contributed by atoms with Crippen molar-refractivity contribution < 1.29 is 27.6 Å². The van der Waals surface area contributed by atoms with Gasteiger partial charge in [0.05, 0.1) is 21.7 Å². The molecule has 0 aromatic heterocycles. The molecule has 2 aromatic carbocycles. The molecule has 1 aliphatic rings. The van der Waals surface area contributed by atoms with Gasteiger partial charge in [-0.25, -0.2) is 0 Å². The van der Waals surface area contributed by atoms with Gasteiger partial charge in [-0.05, 0) is 18.2 Å². The minimum Gasteiger partial charge on any atom is -0.454 e. The van der Waals surface area contributed by atoms with Gasteiger partial charge in [-0.1, -0.05) is 11.6 Å². The summed E-state index contributed by atoms with van der Waals surface area (Å²) in [5.41, 5.74) is 0.694. The van der Waals surface area contributed by atoms with Gasteiger partial charge in [-0.3, -0.25) is 15.5 Å². The first-order valence-electron chi connectivity index (χ1n) is 6.99. The number of hydrogen-bond acceptors (Lipinski definition) is 6. The maximum Gasteiger partial charge on any atom is 0.416 e. The third-order valence-corrected chi connectivity index (χ3v) is 3.73. The molecule has 0 saturated heterocycles. The van der Waals surface area contributed by atoms with Crippen molar-refractivity contribution in [2.75, 3.05) is 12.2 Å². The third kappa shape index (κ3) is 3.64. The number of benzene rings is 2. The van der Waals surface area contributed by atoms with Crippen LogP contribution >= 0.6 is 11.6 Å². The Morgan fingerprint density at radius 2 is 1.92 bits per heavy atom. The molecule has 26 heavy (non-hydrogen) atoms. The topological polar surface area (TPSA) is 86.0 Å². The largest absolute Gasteiger partial charge is 0.454 e. The minimum absolute atomic E-state index is 0.0578. The van der Waals surface area contributed by atoms with Crippen molar-refractivity contribution in [3.05, 3.63) is 56.6 Å². The van der Waals surface area contributed by atoms with Crippen LogP contribution in [0.3, 0.4) is 0 Å². The minimum atomic E-state index is -4.69. The second-order valence-corrected chi connectivity index (χ2v) is 5.49. The van der Waals surface area contributed by atoms with E-state index in [0.717, 1.165) is 12.1 Å².